The summed E-state index contributed by atoms with van der Waals surface area (Å²) in [6.07, 6.45) is 4.43. The van der Waals surface area contributed by atoms with E-state index in [-0.39, 0.29) is 5.92 Å². The monoisotopic (exact) mass is 237 g/mol. The maximum atomic E-state index is 9.13. The van der Waals surface area contributed by atoms with E-state index in [0.29, 0.717) is 10.6 Å². The summed E-state index contributed by atoms with van der Waals surface area (Å²) in [5, 5.41) is 29.7. The number of aromatic nitrogens is 2. The Morgan fingerprint density at radius 1 is 1.56 bits per heavy atom. The van der Waals surface area contributed by atoms with E-state index in [9.17, 15) is 0 Å². The van der Waals surface area contributed by atoms with Gasteiger partial charge in [-0.25, -0.2) is 0 Å². The second-order valence-electron chi connectivity index (χ2n) is 3.76. The average molecular weight is 237 g/mol. The minimum absolute atomic E-state index is 0.275. The lowest BCUT2D eigenvalue weighted by Crippen LogP contribution is -2.19. The Bertz CT molecular complexity index is 416. The summed E-state index contributed by atoms with van der Waals surface area (Å²) < 4.78 is 0. The molecule has 1 aliphatic rings. The van der Waals surface area contributed by atoms with Crippen molar-refractivity contribution in [3.8, 4) is 0 Å². The molecule has 1 aromatic heterocycles. The summed E-state index contributed by atoms with van der Waals surface area (Å²) in [4.78, 5) is 0. The summed E-state index contributed by atoms with van der Waals surface area (Å²) in [6.45, 7) is 2.02. The molecule has 5 nitrogen and oxygen atoms in total. The molecule has 0 aromatic carbocycles. The highest BCUT2D eigenvalue weighted by Crippen LogP contribution is 2.24. The molecule has 16 heavy (non-hydrogen) atoms. The maximum Gasteiger partial charge on any atom is 0.488 e. The van der Waals surface area contributed by atoms with Crippen LogP contribution in [-0.2, 0) is 0 Å². The van der Waals surface area contributed by atoms with Gasteiger partial charge in [-0.1, -0.05) is 24.3 Å². The quantitative estimate of drug-likeness (QED) is 0.678. The second-order valence-corrected chi connectivity index (χ2v) is 4.59. The van der Waals surface area contributed by atoms with Gasteiger partial charge >= 0.3 is 7.12 Å². The molecule has 0 spiro atoms. The number of anilines is 1. The molecule has 0 radical (unpaired) electrons. The fourth-order valence-electron chi connectivity index (χ4n) is 1.66. The Labute approximate surface area is 97.7 Å². The number of nitrogens with zero attached hydrogens (tertiary/aromatic N) is 2. The first-order valence-corrected chi connectivity index (χ1v) is 5.84. The van der Waals surface area contributed by atoms with Crippen LogP contribution in [-0.4, -0.2) is 27.4 Å². The predicted octanol–water partition coefficient (Wildman–Crippen LogP) is 0.812. The summed E-state index contributed by atoms with van der Waals surface area (Å²) in [5.74, 6) is 0.275. The van der Waals surface area contributed by atoms with Crippen molar-refractivity contribution in [1.82, 2.24) is 10.2 Å². The second kappa shape index (κ2) is 4.77. The highest BCUT2D eigenvalue weighted by Gasteiger charge is 2.19. The van der Waals surface area contributed by atoms with E-state index in [0.717, 1.165) is 12.1 Å². The van der Waals surface area contributed by atoms with Gasteiger partial charge in [0.25, 0.3) is 0 Å². The Hall–Kier alpha value is -1.18. The van der Waals surface area contributed by atoms with Crippen LogP contribution in [0.1, 0.15) is 13.3 Å². The fourth-order valence-corrected chi connectivity index (χ4v) is 2.13. The first-order chi connectivity index (χ1) is 7.65. The van der Waals surface area contributed by atoms with E-state index < -0.39 is 7.12 Å². The molecular formula is C9H12BN3O2S. The van der Waals surface area contributed by atoms with Gasteiger partial charge in [0.05, 0.1) is 0 Å². The SMILES string of the molecule is CC1C=C(B(O)O)C=C(Nc2nncs2)C1. The van der Waals surface area contributed by atoms with E-state index in [1.807, 2.05) is 13.0 Å². The standard InChI is InChI=1S/C9H12BN3O2S/c1-6-2-7(10(14)15)4-8(3-6)12-9-13-11-5-16-9/h2,4-6,14-15H,3H2,1H3,(H,12,13). The maximum absolute atomic E-state index is 9.13. The van der Waals surface area contributed by atoms with E-state index in [1.165, 1.54) is 11.3 Å². The van der Waals surface area contributed by atoms with Crippen LogP contribution < -0.4 is 5.32 Å². The first-order valence-electron chi connectivity index (χ1n) is 4.97. The van der Waals surface area contributed by atoms with Gasteiger partial charge in [0.1, 0.15) is 5.51 Å². The molecule has 1 aromatic rings. The van der Waals surface area contributed by atoms with Crippen molar-refractivity contribution >= 4 is 23.6 Å². The molecule has 0 saturated heterocycles. The van der Waals surface area contributed by atoms with E-state index in [1.54, 1.807) is 11.6 Å². The fraction of sp³-hybridized carbons (Fsp3) is 0.333. The molecule has 1 aliphatic carbocycles. The topological polar surface area (TPSA) is 78.3 Å². The van der Waals surface area contributed by atoms with Gasteiger partial charge in [-0.15, -0.1) is 10.2 Å². The third-order valence-corrected chi connectivity index (χ3v) is 2.89. The lowest BCUT2D eigenvalue weighted by atomic mass is 9.74. The zero-order chi connectivity index (χ0) is 11.5. The van der Waals surface area contributed by atoms with Crippen LogP contribution in [0, 0.1) is 5.92 Å². The third-order valence-electron chi connectivity index (χ3n) is 2.29. The van der Waals surface area contributed by atoms with E-state index in [4.69, 9.17) is 10.0 Å². The number of rotatable bonds is 3. The highest BCUT2D eigenvalue weighted by atomic mass is 32.1. The molecule has 1 heterocycles. The molecule has 0 bridgehead atoms. The predicted molar refractivity (Wildman–Crippen MR) is 63.7 cm³/mol. The Balaban J connectivity index is 2.13. The molecule has 0 saturated carbocycles. The Morgan fingerprint density at radius 2 is 2.38 bits per heavy atom. The number of nitrogens with one attached hydrogen (secondary N) is 1. The van der Waals surface area contributed by atoms with Crippen LogP contribution in [0.2, 0.25) is 0 Å². The molecular weight excluding hydrogens is 225 g/mol. The highest BCUT2D eigenvalue weighted by molar-refractivity contribution is 7.13. The average Bonchev–Trinajstić information content (AvgIpc) is 2.69. The van der Waals surface area contributed by atoms with Crippen LogP contribution in [0.15, 0.2) is 28.8 Å². The van der Waals surface area contributed by atoms with Gasteiger partial charge < -0.3 is 15.4 Å². The lowest BCUT2D eigenvalue weighted by Gasteiger charge is -2.18. The van der Waals surface area contributed by atoms with Crippen molar-refractivity contribution in [2.24, 2.45) is 5.92 Å². The van der Waals surface area contributed by atoms with Crippen LogP contribution in [0.4, 0.5) is 5.13 Å². The van der Waals surface area contributed by atoms with Gasteiger partial charge in [0.15, 0.2) is 0 Å². The molecule has 0 amide bonds. The molecule has 0 aliphatic heterocycles. The van der Waals surface area contributed by atoms with Gasteiger partial charge in [-0.05, 0) is 23.9 Å². The van der Waals surface area contributed by atoms with Gasteiger partial charge in [0, 0.05) is 5.70 Å². The molecule has 3 N–H and O–H groups in total. The summed E-state index contributed by atoms with van der Waals surface area (Å²) in [5.41, 5.74) is 3.09. The van der Waals surface area contributed by atoms with Crippen molar-refractivity contribution in [1.29, 1.82) is 0 Å². The van der Waals surface area contributed by atoms with Gasteiger partial charge in [-0.3, -0.25) is 0 Å². The first kappa shape index (κ1) is 11.3. The van der Waals surface area contributed by atoms with Crippen LogP contribution in [0.3, 0.4) is 0 Å². The lowest BCUT2D eigenvalue weighted by molar-refractivity contribution is 0.419. The van der Waals surface area contributed by atoms with E-state index in [2.05, 4.69) is 15.5 Å². The van der Waals surface area contributed by atoms with Crippen molar-refractivity contribution in [3.05, 3.63) is 28.8 Å². The summed E-state index contributed by atoms with van der Waals surface area (Å²) in [6, 6.07) is 0. The van der Waals surface area contributed by atoms with Crippen molar-refractivity contribution in [2.45, 2.75) is 13.3 Å². The van der Waals surface area contributed by atoms with Crippen LogP contribution in [0.5, 0.6) is 0 Å². The number of hydrogen-bond acceptors (Lipinski definition) is 6. The minimum atomic E-state index is -1.42. The largest absolute Gasteiger partial charge is 0.488 e. The zero-order valence-electron chi connectivity index (χ0n) is 8.79. The van der Waals surface area contributed by atoms with Crippen molar-refractivity contribution in [2.75, 3.05) is 5.32 Å². The zero-order valence-corrected chi connectivity index (χ0v) is 9.61. The Kier molecular flexibility index (Phi) is 3.38. The van der Waals surface area contributed by atoms with Crippen LogP contribution >= 0.6 is 11.3 Å². The van der Waals surface area contributed by atoms with Crippen molar-refractivity contribution in [3.63, 3.8) is 0 Å². The van der Waals surface area contributed by atoms with Crippen LogP contribution in [0.25, 0.3) is 0 Å². The smallest absolute Gasteiger partial charge is 0.423 e. The molecule has 1 unspecified atom stereocenters. The van der Waals surface area contributed by atoms with E-state index >= 15 is 0 Å². The number of hydrogen-bond donors (Lipinski definition) is 3. The van der Waals surface area contributed by atoms with Gasteiger partial charge in [0.2, 0.25) is 5.13 Å². The minimum Gasteiger partial charge on any atom is -0.423 e. The number of allylic oxidation sites excluding steroid dienone is 4. The van der Waals surface area contributed by atoms with Crippen molar-refractivity contribution < 1.29 is 10.0 Å². The summed E-state index contributed by atoms with van der Waals surface area (Å²) >= 11 is 1.41. The Morgan fingerprint density at radius 3 is 3.00 bits per heavy atom. The summed E-state index contributed by atoms with van der Waals surface area (Å²) in [7, 11) is -1.42. The normalized spacial score (nSPS) is 20.1. The molecule has 2 rings (SSSR count). The molecule has 84 valence electrons. The van der Waals surface area contributed by atoms with Gasteiger partial charge in [-0.2, -0.15) is 0 Å². The molecule has 7 heteroatoms. The molecule has 0 fully saturated rings. The molecule has 1 atom stereocenters. The third kappa shape index (κ3) is 2.69.